The third kappa shape index (κ3) is 3.52. The van der Waals surface area contributed by atoms with Crippen LogP contribution in [0.1, 0.15) is 32.4 Å². The minimum atomic E-state index is 0.384. The number of nitrogens with zero attached hydrogens (tertiary/aromatic N) is 2. The van der Waals surface area contributed by atoms with Crippen LogP contribution < -0.4 is 5.32 Å². The van der Waals surface area contributed by atoms with Crippen molar-refractivity contribution >= 4 is 11.8 Å². The Bertz CT molecular complexity index is 297. The zero-order valence-corrected chi connectivity index (χ0v) is 11.6. The highest BCUT2D eigenvalue weighted by molar-refractivity contribution is 8.00. The molecule has 0 spiro atoms. The van der Waals surface area contributed by atoms with Crippen molar-refractivity contribution in [1.29, 1.82) is 0 Å². The van der Waals surface area contributed by atoms with Gasteiger partial charge in [-0.3, -0.25) is 4.68 Å². The van der Waals surface area contributed by atoms with Gasteiger partial charge in [0.15, 0.2) is 0 Å². The van der Waals surface area contributed by atoms with Gasteiger partial charge in [-0.1, -0.05) is 13.8 Å². The fourth-order valence-corrected chi connectivity index (χ4v) is 2.66. The van der Waals surface area contributed by atoms with E-state index in [0.717, 1.165) is 18.8 Å². The summed E-state index contributed by atoms with van der Waals surface area (Å²) in [5.41, 5.74) is 1.12. The lowest BCUT2D eigenvalue weighted by Gasteiger charge is -2.29. The molecule has 0 fully saturated rings. The van der Waals surface area contributed by atoms with Crippen molar-refractivity contribution in [2.75, 3.05) is 12.8 Å². The molecule has 0 saturated heterocycles. The monoisotopic (exact) mass is 241 g/mol. The molecule has 3 nitrogen and oxygen atoms in total. The van der Waals surface area contributed by atoms with Gasteiger partial charge in [-0.25, -0.2) is 0 Å². The first-order valence-electron chi connectivity index (χ1n) is 5.90. The van der Waals surface area contributed by atoms with Gasteiger partial charge in [0.1, 0.15) is 0 Å². The Morgan fingerprint density at radius 1 is 1.44 bits per heavy atom. The molecule has 0 aliphatic rings. The number of thioether (sulfide) groups is 1. The Labute approximate surface area is 103 Å². The topological polar surface area (TPSA) is 29.9 Å². The third-order valence-corrected chi connectivity index (χ3v) is 4.83. The highest BCUT2D eigenvalue weighted by atomic mass is 32.2. The van der Waals surface area contributed by atoms with Crippen LogP contribution in [0.2, 0.25) is 0 Å². The summed E-state index contributed by atoms with van der Waals surface area (Å²) >= 11 is 1.97. The second-order valence-electron chi connectivity index (χ2n) is 4.18. The van der Waals surface area contributed by atoms with Crippen molar-refractivity contribution in [1.82, 2.24) is 15.1 Å². The Kier molecular flexibility index (Phi) is 5.35. The van der Waals surface area contributed by atoms with Crippen molar-refractivity contribution in [3.63, 3.8) is 0 Å². The molecule has 92 valence electrons. The molecule has 0 bridgehead atoms. The fraction of sp³-hybridized carbons (Fsp3) is 0.750. The largest absolute Gasteiger partial charge is 0.310 e. The van der Waals surface area contributed by atoms with Crippen LogP contribution in [0.15, 0.2) is 12.3 Å². The highest BCUT2D eigenvalue weighted by Crippen LogP contribution is 2.29. The average Bonchev–Trinajstić information content (AvgIpc) is 2.71. The molecule has 0 aliphatic heterocycles. The first kappa shape index (κ1) is 13.6. The van der Waals surface area contributed by atoms with E-state index in [1.807, 2.05) is 29.7 Å². The predicted octanol–water partition coefficient (Wildman–Crippen LogP) is 2.43. The molecular formula is C12H23N3S. The summed E-state index contributed by atoms with van der Waals surface area (Å²) in [6.07, 6.45) is 6.60. The Morgan fingerprint density at radius 2 is 2.12 bits per heavy atom. The summed E-state index contributed by atoms with van der Waals surface area (Å²) in [5, 5.41) is 7.87. The Balaban J connectivity index is 2.39. The maximum atomic E-state index is 4.36. The molecule has 1 aromatic heterocycles. The lowest BCUT2D eigenvalue weighted by atomic mass is 10.0. The maximum absolute atomic E-state index is 4.36. The average molecular weight is 241 g/mol. The zero-order chi connectivity index (χ0) is 12.0. The van der Waals surface area contributed by atoms with Crippen LogP contribution in [-0.4, -0.2) is 27.3 Å². The summed E-state index contributed by atoms with van der Waals surface area (Å²) in [6, 6.07) is 2.06. The normalized spacial score (nSPS) is 12.0. The van der Waals surface area contributed by atoms with Crippen molar-refractivity contribution < 1.29 is 0 Å². The van der Waals surface area contributed by atoms with Crippen molar-refractivity contribution in [2.45, 2.75) is 38.0 Å². The van der Waals surface area contributed by atoms with E-state index in [1.54, 1.807) is 0 Å². The van der Waals surface area contributed by atoms with Crippen LogP contribution in [0.25, 0.3) is 0 Å². The van der Waals surface area contributed by atoms with Gasteiger partial charge >= 0.3 is 0 Å². The first-order chi connectivity index (χ1) is 7.65. The first-order valence-corrected chi connectivity index (χ1v) is 7.12. The minimum Gasteiger partial charge on any atom is -0.310 e. The molecule has 0 aromatic carbocycles. The molecule has 1 N–H and O–H groups in total. The molecule has 0 radical (unpaired) electrons. The highest BCUT2D eigenvalue weighted by Gasteiger charge is 2.23. The van der Waals surface area contributed by atoms with Gasteiger partial charge in [-0.2, -0.15) is 16.9 Å². The van der Waals surface area contributed by atoms with Gasteiger partial charge in [0.2, 0.25) is 0 Å². The van der Waals surface area contributed by atoms with Gasteiger partial charge in [0, 0.05) is 31.1 Å². The zero-order valence-electron chi connectivity index (χ0n) is 10.8. The Morgan fingerprint density at radius 3 is 2.56 bits per heavy atom. The maximum Gasteiger partial charge on any atom is 0.0762 e. The molecule has 1 heterocycles. The fourth-order valence-electron chi connectivity index (χ4n) is 1.84. The van der Waals surface area contributed by atoms with Crippen LogP contribution in [0, 0.1) is 0 Å². The van der Waals surface area contributed by atoms with Crippen LogP contribution in [-0.2, 0) is 13.6 Å². The van der Waals surface area contributed by atoms with Gasteiger partial charge in [0.05, 0.1) is 5.69 Å². The smallest absolute Gasteiger partial charge is 0.0762 e. The van der Waals surface area contributed by atoms with Crippen LogP contribution in [0.5, 0.6) is 0 Å². The SMILES string of the molecule is CCC(CC)(CNCc1ccn(C)n1)SC. The van der Waals surface area contributed by atoms with Crippen molar-refractivity contribution in [3.8, 4) is 0 Å². The summed E-state index contributed by atoms with van der Waals surface area (Å²) in [5.74, 6) is 0. The number of rotatable bonds is 7. The van der Waals surface area contributed by atoms with E-state index >= 15 is 0 Å². The minimum absolute atomic E-state index is 0.384. The number of hydrogen-bond donors (Lipinski definition) is 1. The molecule has 16 heavy (non-hydrogen) atoms. The molecule has 0 amide bonds. The van der Waals surface area contributed by atoms with Gasteiger partial charge in [0.25, 0.3) is 0 Å². The van der Waals surface area contributed by atoms with E-state index in [9.17, 15) is 0 Å². The quantitative estimate of drug-likeness (QED) is 0.795. The lowest BCUT2D eigenvalue weighted by molar-refractivity contribution is 0.491. The van der Waals surface area contributed by atoms with Crippen molar-refractivity contribution in [2.24, 2.45) is 7.05 Å². The number of aryl methyl sites for hydroxylation is 1. The van der Waals surface area contributed by atoms with E-state index in [0.29, 0.717) is 4.75 Å². The van der Waals surface area contributed by atoms with Gasteiger partial charge in [-0.05, 0) is 25.2 Å². The van der Waals surface area contributed by atoms with Crippen molar-refractivity contribution in [3.05, 3.63) is 18.0 Å². The molecule has 1 rings (SSSR count). The summed E-state index contributed by atoms with van der Waals surface area (Å²) in [6.45, 7) is 6.45. The number of aromatic nitrogens is 2. The predicted molar refractivity (Wildman–Crippen MR) is 71.7 cm³/mol. The van der Waals surface area contributed by atoms with E-state index in [-0.39, 0.29) is 0 Å². The van der Waals surface area contributed by atoms with E-state index in [2.05, 4.69) is 36.6 Å². The molecule has 0 unspecified atom stereocenters. The van der Waals surface area contributed by atoms with E-state index < -0.39 is 0 Å². The van der Waals surface area contributed by atoms with Crippen LogP contribution in [0.4, 0.5) is 0 Å². The lowest BCUT2D eigenvalue weighted by Crippen LogP contribution is -2.36. The molecular weight excluding hydrogens is 218 g/mol. The molecule has 0 saturated carbocycles. The standard InChI is InChI=1S/C12H23N3S/c1-5-12(6-2,16-4)10-13-9-11-7-8-15(3)14-11/h7-8,13H,5-6,9-10H2,1-4H3. The van der Waals surface area contributed by atoms with Crippen LogP contribution >= 0.6 is 11.8 Å². The second kappa shape index (κ2) is 6.30. The summed E-state index contributed by atoms with van der Waals surface area (Å²) < 4.78 is 2.23. The number of nitrogens with one attached hydrogen (secondary N) is 1. The van der Waals surface area contributed by atoms with Gasteiger partial charge in [-0.15, -0.1) is 0 Å². The summed E-state index contributed by atoms with van der Waals surface area (Å²) in [4.78, 5) is 0. The Hall–Kier alpha value is -0.480. The third-order valence-electron chi connectivity index (χ3n) is 3.24. The number of hydrogen-bond acceptors (Lipinski definition) is 3. The van der Waals surface area contributed by atoms with Gasteiger partial charge < -0.3 is 5.32 Å². The molecule has 0 aliphatic carbocycles. The summed E-state index contributed by atoms with van der Waals surface area (Å²) in [7, 11) is 1.95. The molecule has 4 heteroatoms. The van der Waals surface area contributed by atoms with E-state index in [4.69, 9.17) is 0 Å². The second-order valence-corrected chi connectivity index (χ2v) is 5.45. The molecule has 0 atom stereocenters. The van der Waals surface area contributed by atoms with E-state index in [1.165, 1.54) is 12.8 Å². The van der Waals surface area contributed by atoms with Crippen LogP contribution in [0.3, 0.4) is 0 Å². The molecule has 1 aromatic rings.